The monoisotopic (exact) mass is 304 g/mol. The smallest absolute Gasteiger partial charge is 0.322 e. The molecule has 3 rings (SSSR count). The largest absolute Gasteiger partial charge is 0.481 e. The van der Waals surface area contributed by atoms with Gasteiger partial charge in [0.15, 0.2) is 5.76 Å². The molecule has 2 aliphatic heterocycles. The summed E-state index contributed by atoms with van der Waals surface area (Å²) in [7, 11) is 0. The third-order valence-corrected chi connectivity index (χ3v) is 3.89. The van der Waals surface area contributed by atoms with Crippen molar-refractivity contribution in [1.82, 2.24) is 0 Å². The number of hydrogen-bond acceptors (Lipinski definition) is 4. The Labute approximate surface area is 127 Å². The van der Waals surface area contributed by atoms with E-state index in [0.717, 1.165) is 0 Å². The molecule has 1 aromatic rings. The van der Waals surface area contributed by atoms with Crippen molar-refractivity contribution in [2.24, 2.45) is 5.92 Å². The molecule has 2 atom stereocenters. The van der Waals surface area contributed by atoms with Gasteiger partial charge in [-0.05, 0) is 49.8 Å². The lowest BCUT2D eigenvalue weighted by atomic mass is 9.93. The van der Waals surface area contributed by atoms with Crippen LogP contribution in [0, 0.1) is 5.92 Å². The summed E-state index contributed by atoms with van der Waals surface area (Å²) in [6, 6.07) is 6.56. The number of benzene rings is 1. The highest BCUT2D eigenvalue weighted by molar-refractivity contribution is 6.30. The van der Waals surface area contributed by atoms with Crippen molar-refractivity contribution in [3.63, 3.8) is 0 Å². The van der Waals surface area contributed by atoms with Crippen molar-refractivity contribution in [2.75, 3.05) is 0 Å². The lowest BCUT2D eigenvalue weighted by Gasteiger charge is -2.21. The van der Waals surface area contributed by atoms with Gasteiger partial charge in [0.1, 0.15) is 17.8 Å². The van der Waals surface area contributed by atoms with Crippen molar-refractivity contribution in [3.8, 4) is 0 Å². The van der Waals surface area contributed by atoms with Crippen molar-refractivity contribution >= 4 is 23.4 Å². The highest BCUT2D eigenvalue weighted by Crippen LogP contribution is 2.37. The van der Waals surface area contributed by atoms with E-state index >= 15 is 0 Å². The zero-order valence-corrected chi connectivity index (χ0v) is 12.3. The molecule has 0 aliphatic carbocycles. The van der Waals surface area contributed by atoms with Gasteiger partial charge in [0, 0.05) is 10.6 Å². The van der Waals surface area contributed by atoms with Gasteiger partial charge in [0.25, 0.3) is 0 Å². The molecular weight excluding hydrogens is 292 g/mol. The number of halogens is 1. The predicted molar refractivity (Wildman–Crippen MR) is 76.7 cm³/mol. The van der Waals surface area contributed by atoms with E-state index in [-0.39, 0.29) is 17.5 Å². The molecule has 0 spiro atoms. The third kappa shape index (κ3) is 2.36. The van der Waals surface area contributed by atoms with Crippen LogP contribution in [0.4, 0.5) is 0 Å². The van der Waals surface area contributed by atoms with Gasteiger partial charge >= 0.3 is 5.97 Å². The molecule has 2 unspecified atom stereocenters. The minimum Gasteiger partial charge on any atom is -0.481 e. The summed E-state index contributed by atoms with van der Waals surface area (Å²) in [5.74, 6) is -0.460. The second-order valence-electron chi connectivity index (χ2n) is 5.11. The molecule has 0 N–H and O–H groups in total. The van der Waals surface area contributed by atoms with Crippen LogP contribution in [0.3, 0.4) is 0 Å². The number of Topliss-reactive ketones (excluding diaryl/α,β-unsaturated/α-hetero) is 1. The number of ketones is 1. The molecule has 5 heteroatoms. The lowest BCUT2D eigenvalue weighted by molar-refractivity contribution is -0.146. The maximum atomic E-state index is 12.5. The zero-order chi connectivity index (χ0) is 15.1. The fourth-order valence-corrected chi connectivity index (χ4v) is 2.70. The lowest BCUT2D eigenvalue weighted by Crippen LogP contribution is -2.30. The Morgan fingerprint density at radius 2 is 1.86 bits per heavy atom. The highest BCUT2D eigenvalue weighted by atomic mass is 35.5. The summed E-state index contributed by atoms with van der Waals surface area (Å²) in [5.41, 5.74) is 1.08. The van der Waals surface area contributed by atoms with Gasteiger partial charge in [-0.1, -0.05) is 11.6 Å². The van der Waals surface area contributed by atoms with Crippen LogP contribution < -0.4 is 0 Å². The van der Waals surface area contributed by atoms with Crippen LogP contribution in [0.25, 0.3) is 0 Å². The number of fused-ring (bicyclic) bond motifs is 1. The van der Waals surface area contributed by atoms with Gasteiger partial charge in [0.05, 0.1) is 0 Å². The fourth-order valence-electron chi connectivity index (χ4n) is 2.58. The van der Waals surface area contributed by atoms with Crippen LogP contribution in [0.15, 0.2) is 47.4 Å². The van der Waals surface area contributed by atoms with E-state index in [4.69, 9.17) is 21.1 Å². The number of rotatable bonds is 2. The Bertz CT molecular complexity index is 685. The second-order valence-corrected chi connectivity index (χ2v) is 5.54. The SMILES string of the molecule is CC1=CC2OC(C(=O)c3ccc(Cl)cc3)=C(C)C2C(=O)O1. The Kier molecular flexibility index (Phi) is 3.33. The topological polar surface area (TPSA) is 52.6 Å². The van der Waals surface area contributed by atoms with E-state index < -0.39 is 12.0 Å². The second kappa shape index (κ2) is 5.04. The minimum atomic E-state index is -0.542. The summed E-state index contributed by atoms with van der Waals surface area (Å²) < 4.78 is 10.8. The summed E-state index contributed by atoms with van der Waals surface area (Å²) in [6.45, 7) is 3.41. The fraction of sp³-hybridized carbons (Fsp3) is 0.250. The summed E-state index contributed by atoms with van der Waals surface area (Å²) in [6.07, 6.45) is 1.26. The zero-order valence-electron chi connectivity index (χ0n) is 11.6. The number of carbonyl (C=O) groups excluding carboxylic acids is 2. The molecule has 1 aromatic carbocycles. The van der Waals surface area contributed by atoms with Crippen LogP contribution in [0.1, 0.15) is 24.2 Å². The van der Waals surface area contributed by atoms with Gasteiger partial charge in [-0.3, -0.25) is 9.59 Å². The van der Waals surface area contributed by atoms with E-state index in [1.54, 1.807) is 44.2 Å². The molecule has 21 heavy (non-hydrogen) atoms. The molecule has 0 saturated carbocycles. The maximum absolute atomic E-state index is 12.5. The average molecular weight is 305 g/mol. The first-order chi connectivity index (χ1) is 9.97. The standard InChI is InChI=1S/C16H13ClO4/c1-8-7-12-13(16(19)20-8)9(2)15(21-12)14(18)10-3-5-11(17)6-4-10/h3-7,12-13H,1-2H3. The molecule has 2 heterocycles. The average Bonchev–Trinajstić information content (AvgIpc) is 2.76. The number of carbonyl (C=O) groups is 2. The number of allylic oxidation sites excluding steroid dienone is 2. The van der Waals surface area contributed by atoms with Crippen molar-refractivity contribution in [1.29, 1.82) is 0 Å². The van der Waals surface area contributed by atoms with E-state index in [1.807, 2.05) is 0 Å². The first kappa shape index (κ1) is 13.9. The number of ether oxygens (including phenoxy) is 2. The molecule has 2 aliphatic rings. The van der Waals surface area contributed by atoms with E-state index in [9.17, 15) is 9.59 Å². The molecule has 0 bridgehead atoms. The van der Waals surface area contributed by atoms with Gasteiger partial charge in [-0.25, -0.2) is 0 Å². The Balaban J connectivity index is 1.94. The first-order valence-electron chi connectivity index (χ1n) is 6.55. The molecule has 0 fully saturated rings. The van der Waals surface area contributed by atoms with Crippen LogP contribution >= 0.6 is 11.6 Å². The quantitative estimate of drug-likeness (QED) is 0.621. The first-order valence-corrected chi connectivity index (χ1v) is 6.93. The normalized spacial score (nSPS) is 24.1. The molecule has 0 amide bonds. The van der Waals surface area contributed by atoms with Crippen LogP contribution in [0.5, 0.6) is 0 Å². The number of hydrogen-bond donors (Lipinski definition) is 0. The number of cyclic esters (lactones) is 1. The molecule has 0 aromatic heterocycles. The molecule has 4 nitrogen and oxygen atoms in total. The van der Waals surface area contributed by atoms with Crippen molar-refractivity contribution in [3.05, 3.63) is 58.0 Å². The molecule has 0 radical (unpaired) electrons. The predicted octanol–water partition coefficient (Wildman–Crippen LogP) is 3.27. The molecule has 108 valence electrons. The van der Waals surface area contributed by atoms with Gasteiger partial charge in [0.2, 0.25) is 5.78 Å². The van der Waals surface area contributed by atoms with E-state index in [0.29, 0.717) is 21.9 Å². The maximum Gasteiger partial charge on any atom is 0.322 e. The molecule has 0 saturated heterocycles. The molecular formula is C16H13ClO4. The van der Waals surface area contributed by atoms with E-state index in [1.165, 1.54) is 0 Å². The third-order valence-electron chi connectivity index (χ3n) is 3.63. The van der Waals surface area contributed by atoms with Crippen LogP contribution in [-0.2, 0) is 14.3 Å². The highest BCUT2D eigenvalue weighted by Gasteiger charge is 2.44. The van der Waals surface area contributed by atoms with Gasteiger partial charge < -0.3 is 9.47 Å². The number of esters is 1. The van der Waals surface area contributed by atoms with Crippen molar-refractivity contribution < 1.29 is 19.1 Å². The van der Waals surface area contributed by atoms with Crippen LogP contribution in [0.2, 0.25) is 5.02 Å². The van der Waals surface area contributed by atoms with Crippen LogP contribution in [-0.4, -0.2) is 17.9 Å². The Hall–Kier alpha value is -2.07. The van der Waals surface area contributed by atoms with Crippen molar-refractivity contribution in [2.45, 2.75) is 20.0 Å². The van der Waals surface area contributed by atoms with E-state index in [2.05, 4.69) is 0 Å². The summed E-state index contributed by atoms with van der Waals surface area (Å²) >= 11 is 5.82. The van der Waals surface area contributed by atoms with Gasteiger partial charge in [-0.2, -0.15) is 0 Å². The minimum absolute atomic E-state index is 0.218. The summed E-state index contributed by atoms with van der Waals surface area (Å²) in [5, 5.41) is 0.556. The van der Waals surface area contributed by atoms with Gasteiger partial charge in [-0.15, -0.1) is 0 Å². The Morgan fingerprint density at radius 3 is 2.52 bits per heavy atom. The summed E-state index contributed by atoms with van der Waals surface area (Å²) in [4.78, 5) is 24.4. The Morgan fingerprint density at radius 1 is 1.19 bits per heavy atom.